The number of aromatic nitrogens is 2. The standard InChI is InChI=1S/C16H17N5O2S/c22-13-16(20-14(23)19-13)8-4-7-11(16)9-17-15-18-12(21-24-15)10-5-2-1-3-6-10/h1-3,5-6,11H,4,7-9H2,(H,17,18,21)(H2,19,20,22,23)/t11-,16+/m1/s1. The predicted molar refractivity (Wildman–Crippen MR) is 90.6 cm³/mol. The van der Waals surface area contributed by atoms with Gasteiger partial charge in [0.2, 0.25) is 5.13 Å². The van der Waals surface area contributed by atoms with E-state index in [-0.39, 0.29) is 11.8 Å². The first-order chi connectivity index (χ1) is 11.7. The molecule has 1 saturated heterocycles. The first-order valence-corrected chi connectivity index (χ1v) is 8.71. The molecule has 2 heterocycles. The van der Waals surface area contributed by atoms with E-state index >= 15 is 0 Å². The van der Waals surface area contributed by atoms with Gasteiger partial charge in [-0.1, -0.05) is 36.8 Å². The van der Waals surface area contributed by atoms with Gasteiger partial charge in [-0.05, 0) is 12.8 Å². The van der Waals surface area contributed by atoms with Crippen LogP contribution in [0, 0.1) is 5.92 Å². The van der Waals surface area contributed by atoms with E-state index in [4.69, 9.17) is 0 Å². The number of benzene rings is 1. The van der Waals surface area contributed by atoms with Gasteiger partial charge in [-0.25, -0.2) is 4.79 Å². The third kappa shape index (κ3) is 2.52. The van der Waals surface area contributed by atoms with Gasteiger partial charge in [-0.15, -0.1) is 0 Å². The minimum atomic E-state index is -0.767. The number of carbonyl (C=O) groups is 2. The number of imide groups is 1. The minimum absolute atomic E-state index is 0.0491. The molecule has 2 atom stereocenters. The molecule has 24 heavy (non-hydrogen) atoms. The van der Waals surface area contributed by atoms with Crippen molar-refractivity contribution in [2.45, 2.75) is 24.8 Å². The molecule has 1 aromatic heterocycles. The van der Waals surface area contributed by atoms with E-state index in [9.17, 15) is 9.59 Å². The maximum absolute atomic E-state index is 12.2. The van der Waals surface area contributed by atoms with Crippen LogP contribution >= 0.6 is 11.5 Å². The average Bonchev–Trinajstić information content (AvgIpc) is 3.27. The Bertz CT molecular complexity index is 778. The maximum atomic E-state index is 12.2. The number of anilines is 1. The Morgan fingerprint density at radius 3 is 2.88 bits per heavy atom. The molecule has 0 bridgehead atoms. The molecule has 2 aromatic rings. The van der Waals surface area contributed by atoms with Crippen molar-refractivity contribution in [1.82, 2.24) is 20.0 Å². The van der Waals surface area contributed by atoms with Crippen LogP contribution in [0.5, 0.6) is 0 Å². The van der Waals surface area contributed by atoms with Gasteiger partial charge < -0.3 is 10.6 Å². The van der Waals surface area contributed by atoms with Gasteiger partial charge in [0.1, 0.15) is 5.54 Å². The normalized spacial score (nSPS) is 25.8. The molecule has 3 amide bonds. The van der Waals surface area contributed by atoms with Crippen LogP contribution in [0.15, 0.2) is 30.3 Å². The van der Waals surface area contributed by atoms with E-state index in [1.165, 1.54) is 11.5 Å². The Morgan fingerprint density at radius 2 is 2.12 bits per heavy atom. The fourth-order valence-corrected chi connectivity index (χ4v) is 4.13. The Kier molecular flexibility index (Phi) is 3.68. The maximum Gasteiger partial charge on any atom is 0.322 e. The molecule has 8 heteroatoms. The topological polar surface area (TPSA) is 96.0 Å². The van der Waals surface area contributed by atoms with Crippen molar-refractivity contribution in [3.05, 3.63) is 30.3 Å². The van der Waals surface area contributed by atoms with Crippen LogP contribution in [0.2, 0.25) is 0 Å². The zero-order chi connectivity index (χ0) is 16.6. The molecule has 2 fully saturated rings. The number of urea groups is 1. The predicted octanol–water partition coefficient (Wildman–Crippen LogP) is 2.00. The van der Waals surface area contributed by atoms with Gasteiger partial charge in [-0.2, -0.15) is 9.36 Å². The monoisotopic (exact) mass is 343 g/mol. The van der Waals surface area contributed by atoms with Crippen LogP contribution in [0.3, 0.4) is 0 Å². The van der Waals surface area contributed by atoms with Crippen molar-refractivity contribution in [3.8, 4) is 11.4 Å². The molecule has 7 nitrogen and oxygen atoms in total. The number of nitrogens with one attached hydrogen (secondary N) is 3. The van der Waals surface area contributed by atoms with E-state index in [1.807, 2.05) is 30.3 Å². The van der Waals surface area contributed by atoms with Crippen molar-refractivity contribution < 1.29 is 9.59 Å². The van der Waals surface area contributed by atoms with Crippen LogP contribution in [-0.2, 0) is 4.79 Å². The van der Waals surface area contributed by atoms with Crippen LogP contribution in [0.1, 0.15) is 19.3 Å². The summed E-state index contributed by atoms with van der Waals surface area (Å²) in [6.45, 7) is 0.580. The number of hydrogen-bond acceptors (Lipinski definition) is 6. The SMILES string of the molecule is O=C1NC(=O)[C@@]2(CCC[C@@H]2CNc2nc(-c3ccccc3)ns2)N1. The molecule has 3 N–H and O–H groups in total. The molecule has 1 aliphatic carbocycles. The van der Waals surface area contributed by atoms with Crippen LogP contribution in [0.25, 0.3) is 11.4 Å². The lowest BCUT2D eigenvalue weighted by atomic mass is 9.87. The summed E-state index contributed by atoms with van der Waals surface area (Å²) in [6, 6.07) is 9.40. The van der Waals surface area contributed by atoms with Gasteiger partial charge in [0.25, 0.3) is 5.91 Å². The summed E-state index contributed by atoms with van der Waals surface area (Å²) in [4.78, 5) is 28.2. The summed E-state index contributed by atoms with van der Waals surface area (Å²) in [5.41, 5.74) is 0.207. The van der Waals surface area contributed by atoms with Gasteiger partial charge in [0, 0.05) is 29.6 Å². The number of carbonyl (C=O) groups excluding carboxylic acids is 2. The Balaban J connectivity index is 1.45. The second kappa shape index (κ2) is 5.86. The first kappa shape index (κ1) is 15.1. The highest BCUT2D eigenvalue weighted by atomic mass is 32.1. The zero-order valence-corrected chi connectivity index (χ0v) is 13.7. The lowest BCUT2D eigenvalue weighted by Gasteiger charge is -2.27. The molecular formula is C16H17N5O2S. The Labute approximate surface area is 143 Å². The molecule has 1 spiro atoms. The second-order valence-electron chi connectivity index (χ2n) is 6.14. The quantitative estimate of drug-likeness (QED) is 0.738. The van der Waals surface area contributed by atoms with Crippen molar-refractivity contribution in [2.75, 3.05) is 11.9 Å². The number of rotatable bonds is 4. The molecule has 1 aliphatic heterocycles. The molecule has 4 rings (SSSR count). The zero-order valence-electron chi connectivity index (χ0n) is 12.9. The highest BCUT2D eigenvalue weighted by Crippen LogP contribution is 2.38. The highest BCUT2D eigenvalue weighted by Gasteiger charge is 2.54. The number of amides is 3. The smallest absolute Gasteiger partial charge is 0.322 e. The van der Waals surface area contributed by atoms with Crippen LogP contribution in [0.4, 0.5) is 9.93 Å². The van der Waals surface area contributed by atoms with E-state index in [0.29, 0.717) is 18.8 Å². The summed E-state index contributed by atoms with van der Waals surface area (Å²) in [6.07, 6.45) is 2.50. The summed E-state index contributed by atoms with van der Waals surface area (Å²) in [7, 11) is 0. The summed E-state index contributed by atoms with van der Waals surface area (Å²) < 4.78 is 4.37. The van der Waals surface area contributed by atoms with Gasteiger partial charge in [0.05, 0.1) is 0 Å². The van der Waals surface area contributed by atoms with E-state index in [2.05, 4.69) is 25.3 Å². The van der Waals surface area contributed by atoms with Crippen LogP contribution in [-0.4, -0.2) is 33.4 Å². The van der Waals surface area contributed by atoms with Crippen molar-refractivity contribution in [1.29, 1.82) is 0 Å². The Morgan fingerprint density at radius 1 is 1.29 bits per heavy atom. The Hall–Kier alpha value is -2.48. The molecule has 1 aromatic carbocycles. The molecular weight excluding hydrogens is 326 g/mol. The fourth-order valence-electron chi connectivity index (χ4n) is 3.53. The highest BCUT2D eigenvalue weighted by molar-refractivity contribution is 7.09. The van der Waals surface area contributed by atoms with Crippen molar-refractivity contribution in [3.63, 3.8) is 0 Å². The fraction of sp³-hybridized carbons (Fsp3) is 0.375. The molecule has 2 aliphatic rings. The summed E-state index contributed by atoms with van der Waals surface area (Å²) in [5.74, 6) is 0.531. The minimum Gasteiger partial charge on any atom is -0.360 e. The second-order valence-corrected chi connectivity index (χ2v) is 6.89. The third-order valence-electron chi connectivity index (χ3n) is 4.75. The molecule has 0 unspecified atom stereocenters. The van der Waals surface area contributed by atoms with E-state index in [0.717, 1.165) is 23.5 Å². The summed E-state index contributed by atoms with van der Waals surface area (Å²) >= 11 is 1.30. The lowest BCUT2D eigenvalue weighted by molar-refractivity contribution is -0.125. The van der Waals surface area contributed by atoms with E-state index in [1.54, 1.807) is 0 Å². The molecule has 124 valence electrons. The lowest BCUT2D eigenvalue weighted by Crippen LogP contribution is -2.51. The molecule has 0 radical (unpaired) electrons. The largest absolute Gasteiger partial charge is 0.360 e. The van der Waals surface area contributed by atoms with Gasteiger partial charge >= 0.3 is 6.03 Å². The third-order valence-corrected chi connectivity index (χ3v) is 5.42. The number of hydrogen-bond donors (Lipinski definition) is 3. The first-order valence-electron chi connectivity index (χ1n) is 7.94. The van der Waals surface area contributed by atoms with Crippen LogP contribution < -0.4 is 16.0 Å². The van der Waals surface area contributed by atoms with Gasteiger partial charge in [0.15, 0.2) is 5.82 Å². The van der Waals surface area contributed by atoms with Crippen molar-refractivity contribution in [2.24, 2.45) is 5.92 Å². The average molecular weight is 343 g/mol. The summed E-state index contributed by atoms with van der Waals surface area (Å²) in [5, 5.41) is 9.19. The number of nitrogens with zero attached hydrogens (tertiary/aromatic N) is 2. The van der Waals surface area contributed by atoms with Crippen molar-refractivity contribution >= 4 is 28.6 Å². The molecule has 1 saturated carbocycles. The van der Waals surface area contributed by atoms with E-state index < -0.39 is 11.6 Å². The van der Waals surface area contributed by atoms with Gasteiger partial charge in [-0.3, -0.25) is 10.1 Å².